The number of hydrogen-bond donors (Lipinski definition) is 1. The molecule has 0 fully saturated rings. The van der Waals surface area contributed by atoms with E-state index in [1.165, 1.54) is 6.92 Å². The predicted molar refractivity (Wildman–Crippen MR) is 84.6 cm³/mol. The van der Waals surface area contributed by atoms with Crippen molar-refractivity contribution in [2.75, 3.05) is 6.54 Å². The Balaban J connectivity index is 2.57. The van der Waals surface area contributed by atoms with Gasteiger partial charge < -0.3 is 10.2 Å². The summed E-state index contributed by atoms with van der Waals surface area (Å²) < 4.78 is 0. The fourth-order valence-electron chi connectivity index (χ4n) is 1.95. The molecule has 0 radical (unpaired) electrons. The summed E-state index contributed by atoms with van der Waals surface area (Å²) in [5.74, 6) is -0.291. The number of nitrogens with one attached hydrogen (secondary N) is 1. The average molecular weight is 301 g/mol. The van der Waals surface area contributed by atoms with Gasteiger partial charge in [0.2, 0.25) is 11.8 Å². The molecule has 0 saturated heterocycles. The largest absolute Gasteiger partial charge is 0.338 e. The molecule has 1 aromatic carbocycles. The number of nitriles is 1. The summed E-state index contributed by atoms with van der Waals surface area (Å²) >= 11 is 0. The van der Waals surface area contributed by atoms with Gasteiger partial charge in [0.25, 0.3) is 0 Å². The van der Waals surface area contributed by atoms with Gasteiger partial charge in [-0.1, -0.05) is 37.3 Å². The summed E-state index contributed by atoms with van der Waals surface area (Å²) in [6.45, 7) is 5.85. The highest BCUT2D eigenvalue weighted by Crippen LogP contribution is 2.09. The maximum atomic E-state index is 12.0. The second kappa shape index (κ2) is 8.18. The van der Waals surface area contributed by atoms with Crippen LogP contribution in [0.15, 0.2) is 30.3 Å². The minimum atomic E-state index is -0.850. The van der Waals surface area contributed by atoms with Gasteiger partial charge in [-0.3, -0.25) is 9.59 Å². The van der Waals surface area contributed by atoms with Crippen LogP contribution in [0, 0.1) is 11.3 Å². The number of rotatable bonds is 7. The number of carbonyl (C=O) groups excluding carboxylic acids is 2. The van der Waals surface area contributed by atoms with Crippen molar-refractivity contribution >= 4 is 11.8 Å². The van der Waals surface area contributed by atoms with Crippen LogP contribution in [0.5, 0.6) is 0 Å². The van der Waals surface area contributed by atoms with E-state index in [9.17, 15) is 9.59 Å². The van der Waals surface area contributed by atoms with E-state index < -0.39 is 5.54 Å². The van der Waals surface area contributed by atoms with Crippen LogP contribution in [-0.2, 0) is 16.1 Å². The smallest absolute Gasteiger partial charge is 0.223 e. The lowest BCUT2D eigenvalue weighted by molar-refractivity contribution is -0.130. The Morgan fingerprint density at radius 1 is 1.32 bits per heavy atom. The number of amides is 2. The first-order valence-corrected chi connectivity index (χ1v) is 7.42. The molecule has 0 aromatic heterocycles. The molecular formula is C17H23N3O2. The van der Waals surface area contributed by atoms with Crippen molar-refractivity contribution in [2.45, 2.75) is 45.7 Å². The summed E-state index contributed by atoms with van der Waals surface area (Å²) in [4.78, 5) is 25.3. The zero-order valence-electron chi connectivity index (χ0n) is 13.4. The molecule has 118 valence electrons. The van der Waals surface area contributed by atoms with Gasteiger partial charge in [-0.25, -0.2) is 0 Å². The molecule has 1 N–H and O–H groups in total. The third kappa shape index (κ3) is 5.57. The molecule has 2 amide bonds. The molecule has 5 heteroatoms. The lowest BCUT2D eigenvalue weighted by Gasteiger charge is -2.24. The molecule has 1 rings (SSSR count). The van der Waals surface area contributed by atoms with Crippen molar-refractivity contribution in [1.82, 2.24) is 10.2 Å². The van der Waals surface area contributed by atoms with Gasteiger partial charge in [-0.05, 0) is 18.9 Å². The van der Waals surface area contributed by atoms with E-state index in [1.807, 2.05) is 37.3 Å². The fourth-order valence-corrected chi connectivity index (χ4v) is 1.95. The summed E-state index contributed by atoms with van der Waals surface area (Å²) in [5, 5.41) is 11.8. The zero-order valence-corrected chi connectivity index (χ0v) is 13.4. The molecule has 0 aliphatic heterocycles. The Morgan fingerprint density at radius 2 is 1.95 bits per heavy atom. The third-order valence-corrected chi connectivity index (χ3v) is 3.64. The maximum Gasteiger partial charge on any atom is 0.223 e. The minimum absolute atomic E-state index is 0.0739. The van der Waals surface area contributed by atoms with Crippen LogP contribution in [0.1, 0.15) is 39.2 Å². The highest BCUT2D eigenvalue weighted by molar-refractivity contribution is 5.79. The highest BCUT2D eigenvalue weighted by Gasteiger charge is 2.23. The Kier molecular flexibility index (Phi) is 6.58. The van der Waals surface area contributed by atoms with E-state index >= 15 is 0 Å². The van der Waals surface area contributed by atoms with Gasteiger partial charge in [0.05, 0.1) is 6.07 Å². The van der Waals surface area contributed by atoms with Gasteiger partial charge in [0.1, 0.15) is 5.54 Å². The predicted octanol–water partition coefficient (Wildman–Crippen LogP) is 2.23. The van der Waals surface area contributed by atoms with E-state index in [1.54, 1.807) is 11.8 Å². The van der Waals surface area contributed by atoms with E-state index in [0.717, 1.165) is 5.56 Å². The van der Waals surface area contributed by atoms with Gasteiger partial charge in [-0.2, -0.15) is 5.26 Å². The lowest BCUT2D eigenvalue weighted by Crippen LogP contribution is -2.45. The van der Waals surface area contributed by atoms with Crippen molar-refractivity contribution in [1.29, 1.82) is 5.26 Å². The first-order valence-electron chi connectivity index (χ1n) is 7.42. The number of carbonyl (C=O) groups is 2. The lowest BCUT2D eigenvalue weighted by atomic mass is 10.0. The molecule has 0 saturated carbocycles. The van der Waals surface area contributed by atoms with Crippen LogP contribution < -0.4 is 5.32 Å². The molecule has 0 heterocycles. The van der Waals surface area contributed by atoms with Crippen molar-refractivity contribution in [3.05, 3.63) is 35.9 Å². The first kappa shape index (κ1) is 17.7. The van der Waals surface area contributed by atoms with E-state index in [4.69, 9.17) is 5.26 Å². The van der Waals surface area contributed by atoms with Crippen LogP contribution in [0.4, 0.5) is 0 Å². The second-order valence-electron chi connectivity index (χ2n) is 5.52. The second-order valence-corrected chi connectivity index (χ2v) is 5.52. The highest BCUT2D eigenvalue weighted by atomic mass is 16.2. The van der Waals surface area contributed by atoms with Gasteiger partial charge in [0.15, 0.2) is 0 Å². The van der Waals surface area contributed by atoms with E-state index in [-0.39, 0.29) is 18.2 Å². The quantitative estimate of drug-likeness (QED) is 0.839. The number of nitrogens with zero attached hydrogens (tertiary/aromatic N) is 2. The Labute approximate surface area is 131 Å². The first-order chi connectivity index (χ1) is 10.4. The van der Waals surface area contributed by atoms with E-state index in [0.29, 0.717) is 19.5 Å². The summed E-state index contributed by atoms with van der Waals surface area (Å²) in [6.07, 6.45) is 0.722. The molecule has 0 aliphatic rings. The van der Waals surface area contributed by atoms with E-state index in [2.05, 4.69) is 11.4 Å². The van der Waals surface area contributed by atoms with Crippen molar-refractivity contribution in [3.8, 4) is 6.07 Å². The van der Waals surface area contributed by atoms with Gasteiger partial charge in [-0.15, -0.1) is 0 Å². The molecule has 1 atom stereocenters. The monoisotopic (exact) mass is 301 g/mol. The van der Waals surface area contributed by atoms with Crippen molar-refractivity contribution in [2.24, 2.45) is 0 Å². The molecule has 0 aliphatic carbocycles. The SMILES string of the molecule is CC[C@@](C)(C#N)NC(=O)CCN(Cc1ccccc1)C(C)=O. The molecule has 0 bridgehead atoms. The fraction of sp³-hybridized carbons (Fsp3) is 0.471. The van der Waals surface area contributed by atoms with Crippen LogP contribution in [0.25, 0.3) is 0 Å². The summed E-state index contributed by atoms with van der Waals surface area (Å²) in [6, 6.07) is 11.7. The molecular weight excluding hydrogens is 278 g/mol. The Morgan fingerprint density at radius 3 is 2.45 bits per heavy atom. The van der Waals surface area contributed by atoms with Gasteiger partial charge >= 0.3 is 0 Å². The molecule has 0 unspecified atom stereocenters. The van der Waals surface area contributed by atoms with Crippen LogP contribution >= 0.6 is 0 Å². The Bertz CT molecular complexity index is 551. The standard InChI is InChI=1S/C17H23N3O2/c1-4-17(3,13-18)19-16(22)10-11-20(14(2)21)12-15-8-6-5-7-9-15/h5-9H,4,10-12H2,1-3H3,(H,19,22)/t17-/m0/s1. The summed E-state index contributed by atoms with van der Waals surface area (Å²) in [7, 11) is 0. The normalized spacial score (nSPS) is 12.8. The molecule has 5 nitrogen and oxygen atoms in total. The summed E-state index contributed by atoms with van der Waals surface area (Å²) in [5.41, 5.74) is 0.172. The van der Waals surface area contributed by atoms with Crippen molar-refractivity contribution < 1.29 is 9.59 Å². The third-order valence-electron chi connectivity index (χ3n) is 3.64. The number of hydrogen-bond acceptors (Lipinski definition) is 3. The van der Waals surface area contributed by atoms with Crippen LogP contribution in [0.3, 0.4) is 0 Å². The number of benzene rings is 1. The minimum Gasteiger partial charge on any atom is -0.338 e. The topological polar surface area (TPSA) is 73.2 Å². The van der Waals surface area contributed by atoms with Crippen LogP contribution in [-0.4, -0.2) is 28.8 Å². The average Bonchev–Trinajstić information content (AvgIpc) is 2.52. The molecule has 1 aromatic rings. The van der Waals surface area contributed by atoms with Crippen molar-refractivity contribution in [3.63, 3.8) is 0 Å². The Hall–Kier alpha value is -2.35. The maximum absolute atomic E-state index is 12.0. The zero-order chi connectivity index (χ0) is 16.6. The molecule has 0 spiro atoms. The van der Waals surface area contributed by atoms with Gasteiger partial charge in [0, 0.05) is 26.4 Å². The molecule has 22 heavy (non-hydrogen) atoms. The van der Waals surface area contributed by atoms with Crippen LogP contribution in [0.2, 0.25) is 0 Å².